The van der Waals surface area contributed by atoms with Crippen molar-refractivity contribution < 1.29 is 23.8 Å². The number of ether oxygens (including phenoxy) is 1. The largest absolute Gasteiger partial charge is 0.494 e. The smallest absolute Gasteiger partial charge is 0.308 e. The van der Waals surface area contributed by atoms with Crippen molar-refractivity contribution in [2.45, 2.75) is 27.2 Å². The normalized spacial score (nSPS) is 11.9. The maximum absolute atomic E-state index is 14.6. The van der Waals surface area contributed by atoms with Crippen molar-refractivity contribution in [1.82, 2.24) is 9.88 Å². The van der Waals surface area contributed by atoms with Crippen LogP contribution in [0.1, 0.15) is 29.3 Å². The first-order valence-corrected chi connectivity index (χ1v) is 10.5. The second-order valence-electron chi connectivity index (χ2n) is 7.79. The van der Waals surface area contributed by atoms with Gasteiger partial charge in [-0.3, -0.25) is 9.59 Å². The Morgan fingerprint density at radius 2 is 1.88 bits per heavy atom. The number of thiocarbonyl (C=S) groups is 1. The Balaban J connectivity index is 2.06. The standard InChI is InChI=1S/C24H25FN2O4S/c1-13-5-7-16(8-6-13)23(32)27-15(3)17(10-22(28)26-12-14(2)24(29)30)18-9-21(31-4)19(25)11-20(18)27/h5-9,11,14H,10,12H2,1-4H3,(H,26,28)(H,29,30). The number of amides is 1. The number of nitrogens with one attached hydrogen (secondary N) is 1. The Hall–Kier alpha value is -3.26. The van der Waals surface area contributed by atoms with Crippen molar-refractivity contribution in [3.05, 3.63) is 64.6 Å². The zero-order chi connectivity index (χ0) is 23.6. The van der Waals surface area contributed by atoms with Gasteiger partial charge in [-0.25, -0.2) is 4.39 Å². The van der Waals surface area contributed by atoms with E-state index in [0.717, 1.165) is 11.1 Å². The minimum atomic E-state index is -0.984. The number of methoxy groups -OCH3 is 1. The number of aryl methyl sites for hydroxylation is 1. The van der Waals surface area contributed by atoms with E-state index in [4.69, 9.17) is 22.1 Å². The summed E-state index contributed by atoms with van der Waals surface area (Å²) in [4.78, 5) is 24.1. The van der Waals surface area contributed by atoms with Crippen molar-refractivity contribution in [2.75, 3.05) is 13.7 Å². The van der Waals surface area contributed by atoms with Crippen LogP contribution < -0.4 is 10.1 Å². The average molecular weight is 457 g/mol. The number of fused-ring (bicyclic) bond motifs is 1. The Kier molecular flexibility index (Phi) is 6.93. The van der Waals surface area contributed by atoms with Crippen molar-refractivity contribution in [3.63, 3.8) is 0 Å². The van der Waals surface area contributed by atoms with Gasteiger partial charge < -0.3 is 19.7 Å². The molecule has 2 N–H and O–H groups in total. The van der Waals surface area contributed by atoms with E-state index in [9.17, 15) is 14.0 Å². The molecule has 0 fully saturated rings. The number of halogens is 1. The van der Waals surface area contributed by atoms with Gasteiger partial charge in [0.05, 0.1) is 25.0 Å². The maximum atomic E-state index is 14.6. The molecule has 6 nitrogen and oxygen atoms in total. The lowest BCUT2D eigenvalue weighted by Crippen LogP contribution is -2.32. The van der Waals surface area contributed by atoms with Crippen LogP contribution in [0.3, 0.4) is 0 Å². The number of carbonyl (C=O) groups excluding carboxylic acids is 1. The summed E-state index contributed by atoms with van der Waals surface area (Å²) in [7, 11) is 1.38. The summed E-state index contributed by atoms with van der Waals surface area (Å²) in [5.41, 5.74) is 3.81. The second kappa shape index (κ2) is 9.48. The Morgan fingerprint density at radius 3 is 2.47 bits per heavy atom. The molecule has 8 heteroatoms. The number of carboxylic acids is 1. The number of nitrogens with zero attached hydrogens (tertiary/aromatic N) is 1. The number of rotatable bonds is 7. The Morgan fingerprint density at radius 1 is 1.22 bits per heavy atom. The number of aliphatic carboxylic acids is 1. The Labute approximate surface area is 191 Å². The topological polar surface area (TPSA) is 80.6 Å². The van der Waals surface area contributed by atoms with Crippen LogP contribution in [0.15, 0.2) is 36.4 Å². The third kappa shape index (κ3) is 4.65. The van der Waals surface area contributed by atoms with E-state index in [-0.39, 0.29) is 24.6 Å². The molecule has 2 aromatic carbocycles. The SMILES string of the molecule is COc1cc2c(CC(=O)NCC(C)C(=O)O)c(C)n(C(=S)c3ccc(C)cc3)c2cc1F. The molecule has 32 heavy (non-hydrogen) atoms. The zero-order valence-electron chi connectivity index (χ0n) is 18.4. The van der Waals surface area contributed by atoms with E-state index in [0.29, 0.717) is 27.1 Å². The van der Waals surface area contributed by atoms with Crippen molar-refractivity contribution in [2.24, 2.45) is 5.92 Å². The molecule has 1 atom stereocenters. The molecule has 0 aliphatic carbocycles. The first-order valence-electron chi connectivity index (χ1n) is 10.1. The maximum Gasteiger partial charge on any atom is 0.308 e. The van der Waals surface area contributed by atoms with Gasteiger partial charge in [0.15, 0.2) is 11.6 Å². The van der Waals surface area contributed by atoms with E-state index in [1.807, 2.05) is 38.1 Å². The van der Waals surface area contributed by atoms with Gasteiger partial charge in [0.25, 0.3) is 0 Å². The van der Waals surface area contributed by atoms with Gasteiger partial charge in [0.2, 0.25) is 5.91 Å². The molecular weight excluding hydrogens is 431 g/mol. The van der Waals surface area contributed by atoms with Crippen LogP contribution in [-0.4, -0.2) is 40.2 Å². The quantitative estimate of drug-likeness (QED) is 0.525. The average Bonchev–Trinajstić information content (AvgIpc) is 3.01. The number of hydrogen-bond acceptors (Lipinski definition) is 4. The molecule has 168 valence electrons. The predicted molar refractivity (Wildman–Crippen MR) is 125 cm³/mol. The molecule has 1 heterocycles. The lowest BCUT2D eigenvalue weighted by Gasteiger charge is -2.12. The molecule has 0 aliphatic rings. The third-order valence-electron chi connectivity index (χ3n) is 5.47. The van der Waals surface area contributed by atoms with Crippen LogP contribution in [-0.2, 0) is 16.0 Å². The molecule has 0 radical (unpaired) electrons. The van der Waals surface area contributed by atoms with Gasteiger partial charge in [0, 0.05) is 29.3 Å². The van der Waals surface area contributed by atoms with Gasteiger partial charge in [0.1, 0.15) is 4.99 Å². The number of hydrogen-bond donors (Lipinski definition) is 2. The number of carbonyl (C=O) groups is 2. The summed E-state index contributed by atoms with van der Waals surface area (Å²) in [6.45, 7) is 5.35. The molecule has 0 saturated heterocycles. The highest BCUT2D eigenvalue weighted by Gasteiger charge is 2.22. The monoisotopic (exact) mass is 456 g/mol. The summed E-state index contributed by atoms with van der Waals surface area (Å²) in [6.07, 6.45) is -0.00697. The molecule has 0 bridgehead atoms. The van der Waals surface area contributed by atoms with Crippen molar-refractivity contribution in [1.29, 1.82) is 0 Å². The molecule has 0 spiro atoms. The molecule has 1 aromatic heterocycles. The van der Waals surface area contributed by atoms with Crippen LogP contribution in [0.4, 0.5) is 4.39 Å². The first kappa shape index (κ1) is 23.4. The van der Waals surface area contributed by atoms with E-state index in [1.54, 1.807) is 10.6 Å². The lowest BCUT2D eigenvalue weighted by molar-refractivity contribution is -0.141. The summed E-state index contributed by atoms with van der Waals surface area (Å²) in [6, 6.07) is 10.6. The summed E-state index contributed by atoms with van der Waals surface area (Å²) >= 11 is 5.73. The fourth-order valence-corrected chi connectivity index (χ4v) is 3.90. The first-order chi connectivity index (χ1) is 15.1. The minimum Gasteiger partial charge on any atom is -0.494 e. The zero-order valence-corrected chi connectivity index (χ0v) is 19.2. The molecule has 3 aromatic rings. The Bertz CT molecular complexity index is 1200. The third-order valence-corrected chi connectivity index (χ3v) is 5.89. The van der Waals surface area contributed by atoms with Crippen LogP contribution in [0.2, 0.25) is 0 Å². The van der Waals surface area contributed by atoms with Crippen molar-refractivity contribution >= 4 is 40.0 Å². The molecule has 3 rings (SSSR count). The van der Waals surface area contributed by atoms with Gasteiger partial charge in [-0.2, -0.15) is 0 Å². The van der Waals surface area contributed by atoms with E-state index in [1.165, 1.54) is 20.1 Å². The van der Waals surface area contributed by atoms with E-state index in [2.05, 4.69) is 5.32 Å². The van der Waals surface area contributed by atoms with Gasteiger partial charge in [-0.05, 0) is 25.5 Å². The molecular formula is C24H25FN2O4S. The number of carboxylic acid groups (broad SMARTS) is 1. The predicted octanol–water partition coefficient (Wildman–Crippen LogP) is 4.01. The fourth-order valence-electron chi connectivity index (χ4n) is 3.52. The lowest BCUT2D eigenvalue weighted by atomic mass is 10.1. The molecule has 0 aliphatic heterocycles. The van der Waals surface area contributed by atoms with Crippen LogP contribution >= 0.6 is 12.2 Å². The minimum absolute atomic E-state index is 0.00697. The summed E-state index contributed by atoms with van der Waals surface area (Å²) in [5, 5.41) is 12.3. The molecule has 1 amide bonds. The summed E-state index contributed by atoms with van der Waals surface area (Å²) in [5.74, 6) is -2.48. The van der Waals surface area contributed by atoms with Gasteiger partial charge >= 0.3 is 5.97 Å². The van der Waals surface area contributed by atoms with E-state index < -0.39 is 17.7 Å². The number of benzene rings is 2. The van der Waals surface area contributed by atoms with Gasteiger partial charge in [-0.1, -0.05) is 49.0 Å². The van der Waals surface area contributed by atoms with Gasteiger partial charge in [-0.15, -0.1) is 0 Å². The highest BCUT2D eigenvalue weighted by atomic mass is 32.1. The molecule has 0 saturated carbocycles. The second-order valence-corrected chi connectivity index (χ2v) is 8.18. The van der Waals surface area contributed by atoms with Crippen LogP contribution in [0.5, 0.6) is 5.75 Å². The van der Waals surface area contributed by atoms with Crippen molar-refractivity contribution in [3.8, 4) is 5.75 Å². The highest BCUT2D eigenvalue weighted by Crippen LogP contribution is 2.32. The fraction of sp³-hybridized carbons (Fsp3) is 0.292. The van der Waals surface area contributed by atoms with Crippen LogP contribution in [0.25, 0.3) is 10.9 Å². The van der Waals surface area contributed by atoms with E-state index >= 15 is 0 Å². The summed E-state index contributed by atoms with van der Waals surface area (Å²) < 4.78 is 21.5. The van der Waals surface area contributed by atoms with Crippen LogP contribution in [0, 0.1) is 25.6 Å². The highest BCUT2D eigenvalue weighted by molar-refractivity contribution is 7.80. The molecule has 1 unspecified atom stereocenters. The number of aromatic nitrogens is 1.